The van der Waals surface area contributed by atoms with Crippen LogP contribution in [0.15, 0.2) is 9.59 Å². The zero-order valence-electron chi connectivity index (χ0n) is 13.4. The van der Waals surface area contributed by atoms with Crippen LogP contribution in [-0.4, -0.2) is 24.7 Å². The van der Waals surface area contributed by atoms with Crippen LogP contribution < -0.4 is 17.0 Å². The Morgan fingerprint density at radius 2 is 1.95 bits per heavy atom. The zero-order valence-corrected chi connectivity index (χ0v) is 13.4. The summed E-state index contributed by atoms with van der Waals surface area (Å²) in [5.74, 6) is 1.36. The van der Waals surface area contributed by atoms with Gasteiger partial charge in [-0.3, -0.25) is 13.9 Å². The second-order valence-electron chi connectivity index (χ2n) is 6.09. The van der Waals surface area contributed by atoms with Gasteiger partial charge in [0.2, 0.25) is 0 Å². The highest BCUT2D eigenvalue weighted by molar-refractivity contribution is 5.71. The van der Waals surface area contributed by atoms with Crippen LogP contribution in [0, 0.1) is 0 Å². The molecule has 0 aliphatic heterocycles. The van der Waals surface area contributed by atoms with E-state index in [9.17, 15) is 9.59 Å². The van der Waals surface area contributed by atoms with E-state index in [0.29, 0.717) is 30.0 Å². The molecule has 7 nitrogen and oxygen atoms in total. The van der Waals surface area contributed by atoms with Gasteiger partial charge >= 0.3 is 5.69 Å². The van der Waals surface area contributed by atoms with E-state index in [1.54, 1.807) is 7.05 Å². The van der Waals surface area contributed by atoms with E-state index >= 15 is 0 Å². The minimum absolute atomic E-state index is 0.205. The molecular formula is C15H23N5O2. The van der Waals surface area contributed by atoms with Crippen LogP contribution in [0.25, 0.3) is 11.2 Å². The molecule has 0 radical (unpaired) electrons. The Bertz CT molecular complexity index is 825. The Morgan fingerprint density at radius 1 is 1.27 bits per heavy atom. The monoisotopic (exact) mass is 305 g/mol. The molecule has 0 aromatic carbocycles. The first kappa shape index (κ1) is 15.0. The van der Waals surface area contributed by atoms with E-state index < -0.39 is 0 Å². The first-order valence-electron chi connectivity index (χ1n) is 7.95. The normalized spacial score (nSPS) is 16.4. The quantitative estimate of drug-likeness (QED) is 0.873. The summed E-state index contributed by atoms with van der Waals surface area (Å²) in [5, 5.41) is 0. The second kappa shape index (κ2) is 5.39. The molecule has 2 N–H and O–H groups in total. The first-order valence-corrected chi connectivity index (χ1v) is 7.95. The molecule has 7 heteroatoms. The molecular weight excluding hydrogens is 282 g/mol. The number of nitrogens with zero attached hydrogens (tertiary/aromatic N) is 4. The van der Waals surface area contributed by atoms with E-state index in [1.807, 2.05) is 18.4 Å². The Kier molecular flexibility index (Phi) is 3.68. The van der Waals surface area contributed by atoms with Crippen molar-refractivity contribution in [3.8, 4) is 0 Å². The third kappa shape index (κ3) is 2.20. The summed E-state index contributed by atoms with van der Waals surface area (Å²) in [6, 6.07) is -0.205. The molecule has 2 aromatic heterocycles. The van der Waals surface area contributed by atoms with Crippen molar-refractivity contribution in [2.75, 3.05) is 0 Å². The van der Waals surface area contributed by atoms with Gasteiger partial charge < -0.3 is 10.3 Å². The van der Waals surface area contributed by atoms with Gasteiger partial charge in [-0.05, 0) is 26.2 Å². The fourth-order valence-corrected chi connectivity index (χ4v) is 2.89. The highest BCUT2D eigenvalue weighted by Gasteiger charge is 2.31. The van der Waals surface area contributed by atoms with Gasteiger partial charge in [-0.15, -0.1) is 0 Å². The Morgan fingerprint density at radius 3 is 2.50 bits per heavy atom. The van der Waals surface area contributed by atoms with Crippen LogP contribution in [0.1, 0.15) is 44.9 Å². The molecule has 2 aromatic rings. The molecule has 1 atom stereocenters. The lowest BCUT2D eigenvalue weighted by molar-refractivity contribution is 0.500. The lowest BCUT2D eigenvalue weighted by Crippen LogP contribution is -2.43. The van der Waals surface area contributed by atoms with Gasteiger partial charge in [0, 0.05) is 32.1 Å². The highest BCUT2D eigenvalue weighted by Crippen LogP contribution is 2.40. The van der Waals surface area contributed by atoms with Gasteiger partial charge in [0.1, 0.15) is 5.82 Å². The van der Waals surface area contributed by atoms with Crippen molar-refractivity contribution in [1.29, 1.82) is 0 Å². The smallest absolute Gasteiger partial charge is 0.326 e. The first-order chi connectivity index (χ1) is 10.5. The molecule has 0 amide bonds. The summed E-state index contributed by atoms with van der Waals surface area (Å²) >= 11 is 0. The number of hydrogen-bond acceptors (Lipinski definition) is 4. The average Bonchev–Trinajstić information content (AvgIpc) is 3.28. The lowest BCUT2D eigenvalue weighted by atomic mass is 10.2. The Balaban J connectivity index is 2.31. The van der Waals surface area contributed by atoms with Crippen molar-refractivity contribution in [2.45, 2.75) is 58.2 Å². The van der Waals surface area contributed by atoms with Crippen molar-refractivity contribution in [3.05, 3.63) is 26.7 Å². The second-order valence-corrected chi connectivity index (χ2v) is 6.09. The summed E-state index contributed by atoms with van der Waals surface area (Å²) in [6.07, 6.45) is 2.92. The summed E-state index contributed by atoms with van der Waals surface area (Å²) in [5.41, 5.74) is 6.33. The molecule has 22 heavy (non-hydrogen) atoms. The summed E-state index contributed by atoms with van der Waals surface area (Å²) in [6.45, 7) is 4.86. The lowest BCUT2D eigenvalue weighted by Gasteiger charge is -2.13. The summed E-state index contributed by atoms with van der Waals surface area (Å²) in [7, 11) is 1.67. The van der Waals surface area contributed by atoms with Gasteiger partial charge in [-0.25, -0.2) is 9.78 Å². The van der Waals surface area contributed by atoms with Gasteiger partial charge in [0.25, 0.3) is 5.56 Å². The van der Waals surface area contributed by atoms with Gasteiger partial charge in [-0.2, -0.15) is 0 Å². The topological polar surface area (TPSA) is 87.8 Å². The van der Waals surface area contributed by atoms with E-state index in [-0.39, 0.29) is 23.8 Å². The average molecular weight is 305 g/mol. The van der Waals surface area contributed by atoms with E-state index in [4.69, 9.17) is 5.73 Å². The fraction of sp³-hybridized carbons (Fsp3) is 0.667. The zero-order chi connectivity index (χ0) is 16.0. The van der Waals surface area contributed by atoms with E-state index in [1.165, 1.54) is 9.13 Å². The largest absolute Gasteiger partial charge is 0.332 e. The molecule has 0 bridgehead atoms. The van der Waals surface area contributed by atoms with Crippen molar-refractivity contribution >= 4 is 11.2 Å². The molecule has 3 rings (SSSR count). The van der Waals surface area contributed by atoms with Gasteiger partial charge in [0.15, 0.2) is 11.2 Å². The van der Waals surface area contributed by atoms with E-state index in [2.05, 4.69) is 4.98 Å². The predicted octanol–water partition coefficient (Wildman–Crippen LogP) is 0.531. The van der Waals surface area contributed by atoms with Gasteiger partial charge in [-0.1, -0.05) is 6.92 Å². The Labute approximate surface area is 128 Å². The number of nitrogens with two attached hydrogens (primary N) is 1. The van der Waals surface area contributed by atoms with Crippen LogP contribution in [-0.2, 0) is 20.1 Å². The molecule has 0 saturated heterocycles. The summed E-state index contributed by atoms with van der Waals surface area (Å²) in [4.78, 5) is 29.9. The highest BCUT2D eigenvalue weighted by atomic mass is 16.2. The number of hydrogen-bond donors (Lipinski definition) is 1. The molecule has 120 valence electrons. The molecule has 1 saturated carbocycles. The third-order valence-corrected chi connectivity index (χ3v) is 4.46. The van der Waals surface area contributed by atoms with Crippen molar-refractivity contribution in [1.82, 2.24) is 18.7 Å². The van der Waals surface area contributed by atoms with Crippen LogP contribution in [0.5, 0.6) is 0 Å². The SMILES string of the molecule is CCC(N)Cn1c(=O)c2c(nc(C3CC3)n2CC)n(C)c1=O. The fourth-order valence-electron chi connectivity index (χ4n) is 2.89. The van der Waals surface area contributed by atoms with Crippen LogP contribution in [0.2, 0.25) is 0 Å². The van der Waals surface area contributed by atoms with Crippen molar-refractivity contribution in [3.63, 3.8) is 0 Å². The standard InChI is InChI=1S/C15H23N5O2/c1-4-10(16)8-20-14(21)11-13(18(3)15(20)22)17-12(9-6-7-9)19(11)5-2/h9-10H,4-8,16H2,1-3H3. The Hall–Kier alpha value is -1.89. The third-order valence-electron chi connectivity index (χ3n) is 4.46. The van der Waals surface area contributed by atoms with Crippen LogP contribution in [0.3, 0.4) is 0 Å². The minimum Gasteiger partial charge on any atom is -0.326 e. The van der Waals surface area contributed by atoms with Crippen LogP contribution in [0.4, 0.5) is 0 Å². The summed E-state index contributed by atoms with van der Waals surface area (Å²) < 4.78 is 4.68. The molecule has 1 fully saturated rings. The molecule has 1 aliphatic rings. The predicted molar refractivity (Wildman–Crippen MR) is 85.1 cm³/mol. The number of aromatic nitrogens is 4. The van der Waals surface area contributed by atoms with Gasteiger partial charge in [0.05, 0.1) is 0 Å². The number of aryl methyl sites for hydroxylation is 2. The van der Waals surface area contributed by atoms with E-state index in [0.717, 1.165) is 18.7 Å². The maximum Gasteiger partial charge on any atom is 0.332 e. The maximum absolute atomic E-state index is 12.8. The van der Waals surface area contributed by atoms with Crippen molar-refractivity contribution < 1.29 is 0 Å². The molecule has 1 unspecified atom stereocenters. The molecule has 0 spiro atoms. The van der Waals surface area contributed by atoms with Crippen molar-refractivity contribution in [2.24, 2.45) is 12.8 Å². The number of rotatable bonds is 5. The number of fused-ring (bicyclic) bond motifs is 1. The van der Waals surface area contributed by atoms with Crippen LogP contribution >= 0.6 is 0 Å². The number of imidazole rings is 1. The minimum atomic E-state index is -0.343. The maximum atomic E-state index is 12.8. The molecule has 2 heterocycles. The molecule has 1 aliphatic carbocycles.